The zero-order valence-corrected chi connectivity index (χ0v) is 20.0. The van der Waals surface area contributed by atoms with Crippen LogP contribution in [0.3, 0.4) is 0 Å². The van der Waals surface area contributed by atoms with Gasteiger partial charge in [-0.3, -0.25) is 9.59 Å². The minimum atomic E-state index is -4.67. The van der Waals surface area contributed by atoms with Crippen molar-refractivity contribution >= 4 is 29.3 Å². The topological polar surface area (TPSA) is 111 Å². The van der Waals surface area contributed by atoms with Crippen LogP contribution in [0.15, 0.2) is 30.5 Å². The Balaban J connectivity index is 1.43. The second-order valence-electron chi connectivity index (χ2n) is 9.45. The lowest BCUT2D eigenvalue weighted by Gasteiger charge is -2.35. The number of carbonyl (C=O) groups excluding carboxylic acids is 1. The van der Waals surface area contributed by atoms with Gasteiger partial charge in [-0.05, 0) is 70.1 Å². The van der Waals surface area contributed by atoms with Gasteiger partial charge in [0.15, 0.2) is 0 Å². The summed E-state index contributed by atoms with van der Waals surface area (Å²) in [6.07, 6.45) is -1.70. The van der Waals surface area contributed by atoms with Crippen molar-refractivity contribution < 1.29 is 27.9 Å². The van der Waals surface area contributed by atoms with E-state index < -0.39 is 35.5 Å². The Hall–Kier alpha value is -3.41. The van der Waals surface area contributed by atoms with E-state index in [1.54, 1.807) is 36.2 Å². The maximum atomic E-state index is 13.5. The lowest BCUT2D eigenvalue weighted by molar-refractivity contribution is -0.145. The van der Waals surface area contributed by atoms with Gasteiger partial charge in [0, 0.05) is 36.6 Å². The summed E-state index contributed by atoms with van der Waals surface area (Å²) in [5.41, 5.74) is -0.00542. The van der Waals surface area contributed by atoms with E-state index in [9.17, 15) is 22.8 Å². The van der Waals surface area contributed by atoms with Gasteiger partial charge in [-0.25, -0.2) is 4.98 Å². The molecule has 0 radical (unpaired) electrons. The molecule has 1 saturated heterocycles. The number of anilines is 3. The first-order chi connectivity index (χ1) is 17.0. The van der Waals surface area contributed by atoms with Crippen molar-refractivity contribution in [3.63, 3.8) is 0 Å². The minimum Gasteiger partial charge on any atom is -0.481 e. The van der Waals surface area contributed by atoms with Crippen molar-refractivity contribution in [3.05, 3.63) is 41.6 Å². The monoisotopic (exact) mass is 506 g/mol. The van der Waals surface area contributed by atoms with Crippen LogP contribution in [-0.2, 0) is 11.0 Å². The Labute approximate surface area is 206 Å². The second kappa shape index (κ2) is 10.3. The molecular formula is C24H29F3N6O3. The Morgan fingerprint density at radius 1 is 1.14 bits per heavy atom. The molecule has 1 amide bonds. The molecule has 1 aromatic carbocycles. The highest BCUT2D eigenvalue weighted by molar-refractivity contribution is 5.94. The first kappa shape index (κ1) is 25.7. The average Bonchev–Trinajstić information content (AvgIpc) is 2.80. The second-order valence-corrected chi connectivity index (χ2v) is 9.45. The fourth-order valence-electron chi connectivity index (χ4n) is 4.47. The summed E-state index contributed by atoms with van der Waals surface area (Å²) >= 11 is 0. The van der Waals surface area contributed by atoms with Crippen molar-refractivity contribution in [1.29, 1.82) is 0 Å². The molecule has 0 unspecified atom stereocenters. The highest BCUT2D eigenvalue weighted by atomic mass is 19.4. The molecule has 9 nitrogen and oxygen atoms in total. The number of aliphatic carboxylic acids is 1. The number of likely N-dealkylation sites (tertiary alicyclic amines) is 1. The largest absolute Gasteiger partial charge is 0.481 e. The van der Waals surface area contributed by atoms with Crippen LogP contribution in [0.25, 0.3) is 0 Å². The number of benzene rings is 1. The Morgan fingerprint density at radius 3 is 2.36 bits per heavy atom. The van der Waals surface area contributed by atoms with Gasteiger partial charge in [0.05, 0.1) is 5.92 Å². The number of carbonyl (C=O) groups is 2. The van der Waals surface area contributed by atoms with Crippen LogP contribution in [0.5, 0.6) is 0 Å². The third-order valence-electron chi connectivity index (χ3n) is 6.87. The quantitative estimate of drug-likeness (QED) is 0.522. The molecule has 1 saturated carbocycles. The molecule has 1 aromatic heterocycles. The van der Waals surface area contributed by atoms with Gasteiger partial charge in [0.1, 0.15) is 11.4 Å². The number of amides is 1. The number of piperidine rings is 1. The van der Waals surface area contributed by atoms with E-state index in [4.69, 9.17) is 5.11 Å². The van der Waals surface area contributed by atoms with Crippen LogP contribution in [0.2, 0.25) is 0 Å². The molecule has 2 fully saturated rings. The molecule has 4 rings (SSSR count). The summed E-state index contributed by atoms with van der Waals surface area (Å²) in [5, 5.41) is 14.6. The van der Waals surface area contributed by atoms with Gasteiger partial charge in [-0.1, -0.05) is 0 Å². The summed E-state index contributed by atoms with van der Waals surface area (Å²) in [5.74, 6) is -2.08. The van der Waals surface area contributed by atoms with Crippen molar-refractivity contribution in [2.24, 2.45) is 5.92 Å². The standard InChI is InChI=1S/C24H29F3N6O3/c1-32-9-7-18(8-10-32)33(2)21(34)14-3-5-16(6-4-14)30-23-28-13-19(24(25,26)27)20(31-23)29-17-11-15(12-17)22(35)36/h3-6,13,15,17-18H,7-12H2,1-2H3,(H,35,36)(H2,28,29,30,31)/t15-,17+. The predicted molar refractivity (Wildman–Crippen MR) is 127 cm³/mol. The molecule has 0 bridgehead atoms. The summed E-state index contributed by atoms with van der Waals surface area (Å²) in [7, 11) is 3.86. The zero-order chi connectivity index (χ0) is 26.0. The first-order valence-electron chi connectivity index (χ1n) is 11.8. The third kappa shape index (κ3) is 5.86. The Bertz CT molecular complexity index is 1100. The van der Waals surface area contributed by atoms with Crippen molar-refractivity contribution in [3.8, 4) is 0 Å². The van der Waals surface area contributed by atoms with E-state index in [1.807, 2.05) is 0 Å². The lowest BCUT2D eigenvalue weighted by atomic mass is 9.80. The van der Waals surface area contributed by atoms with Crippen LogP contribution in [0.4, 0.5) is 30.6 Å². The molecule has 1 aliphatic heterocycles. The van der Waals surface area contributed by atoms with E-state index in [0.29, 0.717) is 17.4 Å². The number of rotatable bonds is 7. The Kier molecular flexibility index (Phi) is 7.34. The van der Waals surface area contributed by atoms with Crippen molar-refractivity contribution in [2.75, 3.05) is 37.8 Å². The van der Waals surface area contributed by atoms with Gasteiger partial charge >= 0.3 is 12.1 Å². The molecule has 36 heavy (non-hydrogen) atoms. The number of hydrogen-bond donors (Lipinski definition) is 3. The third-order valence-corrected chi connectivity index (χ3v) is 6.87. The molecule has 2 aliphatic rings. The summed E-state index contributed by atoms with van der Waals surface area (Å²) < 4.78 is 40.4. The molecule has 2 aromatic rings. The molecule has 0 spiro atoms. The predicted octanol–water partition coefficient (Wildman–Crippen LogP) is 3.68. The lowest BCUT2D eigenvalue weighted by Crippen LogP contribution is -2.44. The van der Waals surface area contributed by atoms with E-state index >= 15 is 0 Å². The molecular weight excluding hydrogens is 477 g/mol. The van der Waals surface area contributed by atoms with Crippen molar-refractivity contribution in [1.82, 2.24) is 19.8 Å². The van der Waals surface area contributed by atoms with E-state index in [0.717, 1.165) is 25.9 Å². The summed E-state index contributed by atoms with van der Waals surface area (Å²) in [6, 6.07) is 6.36. The van der Waals surface area contributed by atoms with E-state index in [-0.39, 0.29) is 30.7 Å². The normalized spacial score (nSPS) is 20.9. The fraction of sp³-hybridized carbons (Fsp3) is 0.500. The van der Waals surface area contributed by atoms with Gasteiger partial charge < -0.3 is 25.5 Å². The number of carboxylic acid groups (broad SMARTS) is 1. The molecule has 1 aliphatic carbocycles. The number of carboxylic acids is 1. The number of aromatic nitrogens is 2. The highest BCUT2D eigenvalue weighted by Gasteiger charge is 2.39. The molecule has 3 N–H and O–H groups in total. The van der Waals surface area contributed by atoms with Crippen LogP contribution < -0.4 is 10.6 Å². The molecule has 194 valence electrons. The number of alkyl halides is 3. The van der Waals surface area contributed by atoms with E-state index in [1.165, 1.54) is 0 Å². The highest BCUT2D eigenvalue weighted by Crippen LogP contribution is 2.37. The molecule has 0 atom stereocenters. The Morgan fingerprint density at radius 2 is 1.78 bits per heavy atom. The number of nitrogens with zero attached hydrogens (tertiary/aromatic N) is 4. The summed E-state index contributed by atoms with van der Waals surface area (Å²) in [6.45, 7) is 1.88. The number of hydrogen-bond acceptors (Lipinski definition) is 7. The smallest absolute Gasteiger partial charge is 0.421 e. The molecule has 12 heteroatoms. The number of nitrogens with one attached hydrogen (secondary N) is 2. The average molecular weight is 507 g/mol. The first-order valence-corrected chi connectivity index (χ1v) is 11.8. The maximum Gasteiger partial charge on any atom is 0.421 e. The van der Waals surface area contributed by atoms with Gasteiger partial charge in [0.2, 0.25) is 5.95 Å². The SMILES string of the molecule is CN1CCC(N(C)C(=O)c2ccc(Nc3ncc(C(F)(F)F)c(N[C@H]4C[C@@H](C(=O)O)C4)n3)cc2)CC1. The van der Waals surface area contributed by atoms with Crippen LogP contribution in [-0.4, -0.2) is 76.0 Å². The fourth-order valence-corrected chi connectivity index (χ4v) is 4.47. The van der Waals surface area contributed by atoms with E-state index in [2.05, 4.69) is 32.5 Å². The summed E-state index contributed by atoms with van der Waals surface area (Å²) in [4.78, 5) is 35.7. The van der Waals surface area contributed by atoms with Crippen LogP contribution in [0, 0.1) is 5.92 Å². The van der Waals surface area contributed by atoms with Crippen LogP contribution >= 0.6 is 0 Å². The van der Waals surface area contributed by atoms with Gasteiger partial charge in [-0.2, -0.15) is 18.2 Å². The minimum absolute atomic E-state index is 0.0536. The van der Waals surface area contributed by atoms with Crippen LogP contribution in [0.1, 0.15) is 41.6 Å². The maximum absolute atomic E-state index is 13.5. The van der Waals surface area contributed by atoms with Gasteiger partial charge in [0.25, 0.3) is 5.91 Å². The zero-order valence-electron chi connectivity index (χ0n) is 20.0. The number of halogens is 3. The van der Waals surface area contributed by atoms with Gasteiger partial charge in [-0.15, -0.1) is 0 Å². The molecule has 2 heterocycles. The van der Waals surface area contributed by atoms with Crippen molar-refractivity contribution in [2.45, 2.75) is 43.9 Å².